The Hall–Kier alpha value is -2.60. The lowest BCUT2D eigenvalue weighted by molar-refractivity contribution is 0.185. The molecule has 3 rings (SSSR count). The Labute approximate surface area is 139 Å². The van der Waals surface area contributed by atoms with Crippen molar-refractivity contribution in [3.63, 3.8) is 0 Å². The summed E-state index contributed by atoms with van der Waals surface area (Å²) < 4.78 is 8.20. The Morgan fingerprint density at radius 3 is 2.58 bits per heavy atom. The zero-order valence-electron chi connectivity index (χ0n) is 13.9. The van der Waals surface area contributed by atoms with Gasteiger partial charge in [0, 0.05) is 32.0 Å². The minimum Gasteiger partial charge on any atom is -0.383 e. The quantitative estimate of drug-likeness (QED) is 0.749. The van der Waals surface area contributed by atoms with Crippen molar-refractivity contribution in [2.45, 2.75) is 26.4 Å². The van der Waals surface area contributed by atoms with Crippen molar-refractivity contribution in [3.05, 3.63) is 68.4 Å². The Kier molecular flexibility index (Phi) is 4.66. The van der Waals surface area contributed by atoms with Gasteiger partial charge >= 0.3 is 0 Å². The second kappa shape index (κ2) is 6.88. The number of aromatic amines is 1. The maximum Gasteiger partial charge on any atom is 0.276 e. The predicted molar refractivity (Wildman–Crippen MR) is 93.6 cm³/mol. The van der Waals surface area contributed by atoms with Gasteiger partial charge in [-0.15, -0.1) is 0 Å². The molecule has 6 heteroatoms. The molecule has 0 spiro atoms. The van der Waals surface area contributed by atoms with Crippen LogP contribution in [0.5, 0.6) is 0 Å². The topological polar surface area (TPSA) is 69.0 Å². The fourth-order valence-corrected chi connectivity index (χ4v) is 2.96. The zero-order valence-corrected chi connectivity index (χ0v) is 13.9. The van der Waals surface area contributed by atoms with Crippen molar-refractivity contribution < 1.29 is 4.74 Å². The first-order valence-corrected chi connectivity index (χ1v) is 7.97. The highest BCUT2D eigenvalue weighted by molar-refractivity contribution is 5.79. The summed E-state index contributed by atoms with van der Waals surface area (Å²) in [6.07, 6.45) is 0.751. The lowest BCUT2D eigenvalue weighted by Gasteiger charge is -2.08. The number of hydrogen-bond acceptors (Lipinski definition) is 3. The first-order chi connectivity index (χ1) is 11.6. The second-order valence-electron chi connectivity index (χ2n) is 5.81. The highest BCUT2D eigenvalue weighted by atomic mass is 16.5. The van der Waals surface area contributed by atoms with Crippen molar-refractivity contribution in [3.8, 4) is 0 Å². The molecular formula is C18H21N3O3. The van der Waals surface area contributed by atoms with Crippen LogP contribution in [0.15, 0.2) is 46.0 Å². The lowest BCUT2D eigenvalue weighted by Crippen LogP contribution is -2.25. The van der Waals surface area contributed by atoms with Gasteiger partial charge in [-0.05, 0) is 18.9 Å². The molecule has 1 aromatic carbocycles. The number of benzene rings is 1. The van der Waals surface area contributed by atoms with Crippen LogP contribution in [-0.2, 0) is 24.2 Å². The fraction of sp³-hybridized carbons (Fsp3) is 0.333. The van der Waals surface area contributed by atoms with Gasteiger partial charge in [-0.3, -0.25) is 19.4 Å². The van der Waals surface area contributed by atoms with Crippen molar-refractivity contribution >= 4 is 10.9 Å². The first kappa shape index (κ1) is 16.3. The summed E-state index contributed by atoms with van der Waals surface area (Å²) >= 11 is 0. The molecule has 3 aromatic rings. The SMILES string of the molecule is COCCn1c(C)c2c(=O)n(CCc3ccccc3)[nH]c2cc1=O. The van der Waals surface area contributed by atoms with Crippen molar-refractivity contribution in [2.75, 3.05) is 13.7 Å². The molecule has 0 saturated heterocycles. The third-order valence-corrected chi connectivity index (χ3v) is 4.27. The van der Waals surface area contributed by atoms with E-state index in [2.05, 4.69) is 5.10 Å². The number of H-pyrrole nitrogens is 1. The molecule has 1 N–H and O–H groups in total. The van der Waals surface area contributed by atoms with Crippen LogP contribution < -0.4 is 11.1 Å². The Morgan fingerprint density at radius 2 is 1.88 bits per heavy atom. The predicted octanol–water partition coefficient (Wildman–Crippen LogP) is 1.69. The fourth-order valence-electron chi connectivity index (χ4n) is 2.96. The van der Waals surface area contributed by atoms with Gasteiger partial charge in [0.05, 0.1) is 17.5 Å². The molecule has 0 atom stereocenters. The van der Waals surface area contributed by atoms with E-state index in [4.69, 9.17) is 4.74 Å². The second-order valence-corrected chi connectivity index (χ2v) is 5.81. The van der Waals surface area contributed by atoms with E-state index in [-0.39, 0.29) is 11.1 Å². The number of rotatable bonds is 6. The molecule has 126 valence electrons. The van der Waals surface area contributed by atoms with Crippen LogP contribution in [0.3, 0.4) is 0 Å². The summed E-state index contributed by atoms with van der Waals surface area (Å²) in [5.41, 5.74) is 2.20. The van der Waals surface area contributed by atoms with E-state index in [0.717, 1.165) is 6.42 Å². The Bertz CT molecular complexity index is 951. The van der Waals surface area contributed by atoms with Gasteiger partial charge in [-0.1, -0.05) is 30.3 Å². The van der Waals surface area contributed by atoms with E-state index in [1.54, 1.807) is 23.3 Å². The molecule has 2 aromatic heterocycles. The molecule has 0 aliphatic heterocycles. The molecule has 0 amide bonds. The summed E-state index contributed by atoms with van der Waals surface area (Å²) in [5, 5.41) is 3.63. The summed E-state index contributed by atoms with van der Waals surface area (Å²) in [7, 11) is 1.59. The molecule has 24 heavy (non-hydrogen) atoms. The third-order valence-electron chi connectivity index (χ3n) is 4.27. The number of aryl methyl sites for hydroxylation is 3. The lowest BCUT2D eigenvalue weighted by atomic mass is 10.1. The number of nitrogens with one attached hydrogen (secondary N) is 1. The van der Waals surface area contributed by atoms with E-state index in [9.17, 15) is 9.59 Å². The smallest absolute Gasteiger partial charge is 0.276 e. The molecule has 0 saturated carbocycles. The maximum atomic E-state index is 12.7. The van der Waals surface area contributed by atoms with Gasteiger partial charge in [-0.25, -0.2) is 0 Å². The molecule has 0 bridgehead atoms. The van der Waals surface area contributed by atoms with Crippen LogP contribution in [-0.4, -0.2) is 28.1 Å². The number of nitrogens with zero attached hydrogens (tertiary/aromatic N) is 2. The standard InChI is InChI=1S/C18H21N3O3/c1-13-17-15(12-16(22)20(13)10-11-24-2)19-21(18(17)23)9-8-14-6-4-3-5-7-14/h3-7,12,19H,8-11H2,1-2H3. The monoisotopic (exact) mass is 327 g/mol. The molecule has 0 aliphatic carbocycles. The number of hydrogen-bond donors (Lipinski definition) is 1. The third kappa shape index (κ3) is 3.05. The van der Waals surface area contributed by atoms with Crippen LogP contribution in [0, 0.1) is 6.92 Å². The summed E-state index contributed by atoms with van der Waals surface area (Å²) in [6.45, 7) is 3.21. The largest absolute Gasteiger partial charge is 0.383 e. The van der Waals surface area contributed by atoms with E-state index in [1.165, 1.54) is 11.6 Å². The molecule has 0 fully saturated rings. The summed E-state index contributed by atoms with van der Waals surface area (Å²) in [6, 6.07) is 11.5. The van der Waals surface area contributed by atoms with Gasteiger partial charge < -0.3 is 9.30 Å². The highest BCUT2D eigenvalue weighted by Crippen LogP contribution is 2.11. The Morgan fingerprint density at radius 1 is 1.12 bits per heavy atom. The van der Waals surface area contributed by atoms with Gasteiger partial charge in [-0.2, -0.15) is 0 Å². The zero-order chi connectivity index (χ0) is 17.1. The maximum absolute atomic E-state index is 12.7. The van der Waals surface area contributed by atoms with Crippen molar-refractivity contribution in [2.24, 2.45) is 0 Å². The van der Waals surface area contributed by atoms with Gasteiger partial charge in [0.1, 0.15) is 0 Å². The van der Waals surface area contributed by atoms with Crippen LogP contribution in [0.1, 0.15) is 11.3 Å². The average molecular weight is 327 g/mol. The van der Waals surface area contributed by atoms with E-state index in [1.807, 2.05) is 30.3 Å². The van der Waals surface area contributed by atoms with E-state index in [0.29, 0.717) is 36.3 Å². The summed E-state index contributed by atoms with van der Waals surface area (Å²) in [4.78, 5) is 24.9. The number of fused-ring (bicyclic) bond motifs is 1. The van der Waals surface area contributed by atoms with E-state index >= 15 is 0 Å². The van der Waals surface area contributed by atoms with Crippen LogP contribution >= 0.6 is 0 Å². The average Bonchev–Trinajstić information content (AvgIpc) is 2.89. The van der Waals surface area contributed by atoms with Crippen molar-refractivity contribution in [1.29, 1.82) is 0 Å². The summed E-state index contributed by atoms with van der Waals surface area (Å²) in [5.74, 6) is 0. The van der Waals surface area contributed by atoms with Gasteiger partial charge in [0.2, 0.25) is 0 Å². The molecule has 0 radical (unpaired) electrons. The minimum atomic E-state index is -0.131. The first-order valence-electron chi connectivity index (χ1n) is 7.97. The number of aromatic nitrogens is 3. The molecule has 0 aliphatic rings. The van der Waals surface area contributed by atoms with Crippen LogP contribution in [0.2, 0.25) is 0 Å². The number of pyridine rings is 1. The van der Waals surface area contributed by atoms with Gasteiger partial charge in [0.25, 0.3) is 11.1 Å². The van der Waals surface area contributed by atoms with Crippen LogP contribution in [0.25, 0.3) is 10.9 Å². The number of ether oxygens (including phenoxy) is 1. The molecular weight excluding hydrogens is 306 g/mol. The van der Waals surface area contributed by atoms with Gasteiger partial charge in [0.15, 0.2) is 0 Å². The van der Waals surface area contributed by atoms with Crippen LogP contribution in [0.4, 0.5) is 0 Å². The molecule has 6 nitrogen and oxygen atoms in total. The minimum absolute atomic E-state index is 0.0930. The highest BCUT2D eigenvalue weighted by Gasteiger charge is 2.14. The normalized spacial score (nSPS) is 11.2. The van der Waals surface area contributed by atoms with E-state index < -0.39 is 0 Å². The molecule has 2 heterocycles. The molecule has 0 unspecified atom stereocenters. The van der Waals surface area contributed by atoms with Crippen molar-refractivity contribution in [1.82, 2.24) is 14.3 Å². The Balaban J connectivity index is 1.97. The number of methoxy groups -OCH3 is 1.